The van der Waals surface area contributed by atoms with Gasteiger partial charge in [-0.3, -0.25) is 24.0 Å². The predicted molar refractivity (Wildman–Crippen MR) is 154 cm³/mol. The molecular formula is C31H28ClNO11. The number of aromatic nitrogens is 1. The molecule has 0 radical (unpaired) electrons. The lowest BCUT2D eigenvalue weighted by atomic mass is 9.97. The number of carbonyl (C=O) groups excluding carboxylic acids is 5. The molecule has 3 heterocycles. The minimum Gasteiger partial charge on any atom is -0.464 e. The first kappa shape index (κ1) is 30.8. The molecule has 0 bridgehead atoms. The molecule has 0 amide bonds. The van der Waals surface area contributed by atoms with E-state index in [-0.39, 0.29) is 16.4 Å². The molecule has 12 nitrogen and oxygen atoms in total. The van der Waals surface area contributed by atoms with Crippen LogP contribution in [0.2, 0.25) is 5.02 Å². The zero-order valence-corrected chi connectivity index (χ0v) is 24.9. The third-order valence-corrected chi connectivity index (χ3v) is 7.32. The molecule has 1 fully saturated rings. The van der Waals surface area contributed by atoms with Gasteiger partial charge >= 0.3 is 23.9 Å². The molecule has 2 aromatic carbocycles. The first-order valence-corrected chi connectivity index (χ1v) is 13.9. The summed E-state index contributed by atoms with van der Waals surface area (Å²) < 4.78 is 35.1. The SMILES string of the molecule is CC(=O)OC[C@H]1O[C@@H](n2cc(C(=O)c3ccc4occc4c3)c3c(Cl)cccc32)[C@H](OC(C)=O)[C@@H](OC(C)=O)[C@@H]1OC(C)=O. The highest BCUT2D eigenvalue weighted by Crippen LogP contribution is 2.39. The highest BCUT2D eigenvalue weighted by molar-refractivity contribution is 6.37. The van der Waals surface area contributed by atoms with Crippen molar-refractivity contribution in [3.8, 4) is 0 Å². The first-order chi connectivity index (χ1) is 20.9. The molecule has 230 valence electrons. The van der Waals surface area contributed by atoms with Crippen molar-refractivity contribution in [2.75, 3.05) is 6.61 Å². The van der Waals surface area contributed by atoms with Gasteiger partial charge in [0.2, 0.25) is 0 Å². The number of rotatable bonds is 8. The number of hydrogen-bond acceptors (Lipinski definition) is 11. The van der Waals surface area contributed by atoms with Gasteiger partial charge in [0.15, 0.2) is 30.3 Å². The number of esters is 4. The van der Waals surface area contributed by atoms with Gasteiger partial charge in [0.25, 0.3) is 0 Å². The van der Waals surface area contributed by atoms with Gasteiger partial charge < -0.3 is 32.7 Å². The third kappa shape index (κ3) is 6.17. The zero-order chi connectivity index (χ0) is 31.7. The van der Waals surface area contributed by atoms with Crippen molar-refractivity contribution in [3.05, 3.63) is 71.1 Å². The highest BCUT2D eigenvalue weighted by atomic mass is 35.5. The summed E-state index contributed by atoms with van der Waals surface area (Å²) in [5.41, 5.74) is 1.60. The van der Waals surface area contributed by atoms with E-state index in [2.05, 4.69) is 0 Å². The summed E-state index contributed by atoms with van der Waals surface area (Å²) in [4.78, 5) is 62.4. The van der Waals surface area contributed by atoms with Crippen LogP contribution in [0.5, 0.6) is 0 Å². The van der Waals surface area contributed by atoms with Crippen LogP contribution < -0.4 is 0 Å². The molecule has 5 atom stereocenters. The van der Waals surface area contributed by atoms with E-state index in [0.29, 0.717) is 22.0 Å². The molecule has 44 heavy (non-hydrogen) atoms. The Morgan fingerprint density at radius 2 is 1.52 bits per heavy atom. The Bertz CT molecular complexity index is 1770. The molecule has 2 aromatic heterocycles. The number of halogens is 1. The summed E-state index contributed by atoms with van der Waals surface area (Å²) in [6.07, 6.45) is -3.53. The van der Waals surface area contributed by atoms with Crippen molar-refractivity contribution in [2.45, 2.75) is 58.3 Å². The van der Waals surface area contributed by atoms with Crippen molar-refractivity contribution in [1.29, 1.82) is 0 Å². The molecule has 4 aromatic rings. The Balaban J connectivity index is 1.67. The summed E-state index contributed by atoms with van der Waals surface area (Å²) in [5.74, 6) is -3.26. The summed E-state index contributed by atoms with van der Waals surface area (Å²) in [7, 11) is 0. The molecule has 1 aliphatic heterocycles. The number of hydrogen-bond donors (Lipinski definition) is 0. The summed E-state index contributed by atoms with van der Waals surface area (Å²) in [6.45, 7) is 4.22. The Labute approximate surface area is 255 Å². The minimum absolute atomic E-state index is 0.210. The van der Waals surface area contributed by atoms with Gasteiger partial charge in [0.05, 0.1) is 16.8 Å². The second-order valence-corrected chi connectivity index (χ2v) is 10.6. The van der Waals surface area contributed by atoms with E-state index in [0.717, 1.165) is 26.2 Å². The van der Waals surface area contributed by atoms with Gasteiger partial charge in [-0.05, 0) is 36.4 Å². The summed E-state index contributed by atoms with van der Waals surface area (Å²) in [5, 5.41) is 1.38. The number of carbonyl (C=O) groups is 5. The van der Waals surface area contributed by atoms with Crippen molar-refractivity contribution in [3.63, 3.8) is 0 Å². The Hall–Kier alpha value is -4.68. The Morgan fingerprint density at radius 3 is 2.20 bits per heavy atom. The topological polar surface area (TPSA) is 150 Å². The van der Waals surface area contributed by atoms with Gasteiger partial charge in [-0.15, -0.1) is 0 Å². The zero-order valence-electron chi connectivity index (χ0n) is 24.1. The van der Waals surface area contributed by atoms with Crippen LogP contribution in [-0.4, -0.2) is 65.3 Å². The third-order valence-electron chi connectivity index (χ3n) is 7.01. The van der Waals surface area contributed by atoms with Crippen LogP contribution in [0, 0.1) is 0 Å². The summed E-state index contributed by atoms with van der Waals surface area (Å²) >= 11 is 6.64. The fourth-order valence-corrected chi connectivity index (χ4v) is 5.61. The summed E-state index contributed by atoms with van der Waals surface area (Å²) in [6, 6.07) is 11.7. The van der Waals surface area contributed by atoms with Crippen LogP contribution in [0.1, 0.15) is 49.8 Å². The molecule has 5 rings (SSSR count). The van der Waals surface area contributed by atoms with Crippen molar-refractivity contribution >= 4 is 63.1 Å². The maximum atomic E-state index is 13.9. The van der Waals surface area contributed by atoms with Crippen LogP contribution in [0.15, 0.2) is 59.3 Å². The van der Waals surface area contributed by atoms with E-state index < -0.39 is 61.1 Å². The normalized spacial score (nSPS) is 21.5. The quantitative estimate of drug-likeness (QED) is 0.154. The van der Waals surface area contributed by atoms with Gasteiger partial charge in [0, 0.05) is 55.8 Å². The van der Waals surface area contributed by atoms with E-state index in [1.807, 2.05) is 0 Å². The monoisotopic (exact) mass is 625 g/mol. The highest BCUT2D eigenvalue weighted by Gasteiger charge is 2.53. The van der Waals surface area contributed by atoms with Crippen LogP contribution in [0.25, 0.3) is 21.9 Å². The fraction of sp³-hybridized carbons (Fsp3) is 0.323. The number of benzene rings is 2. The van der Waals surface area contributed by atoms with Gasteiger partial charge in [-0.2, -0.15) is 0 Å². The molecule has 0 saturated carbocycles. The molecule has 0 aliphatic carbocycles. The standard InChI is InChI=1S/C31H28ClNO11/c1-15(34)40-14-25-28(41-16(2)35)29(42-17(3)36)30(43-18(4)37)31(44-25)33-13-21(26-22(32)6-5-7-23(26)33)27(38)20-8-9-24-19(12-20)10-11-39-24/h5-13,25,28-31H,14H2,1-4H3/t25-,28-,29+,30-,31-/m1/s1. The van der Waals surface area contributed by atoms with Gasteiger partial charge in [0.1, 0.15) is 18.3 Å². The molecule has 1 aliphatic rings. The smallest absolute Gasteiger partial charge is 0.303 e. The first-order valence-electron chi connectivity index (χ1n) is 13.6. The van der Waals surface area contributed by atoms with Crippen LogP contribution in [0.3, 0.4) is 0 Å². The van der Waals surface area contributed by atoms with Crippen molar-refractivity contribution in [2.24, 2.45) is 0 Å². The van der Waals surface area contributed by atoms with E-state index >= 15 is 0 Å². The molecule has 0 unspecified atom stereocenters. The van der Waals surface area contributed by atoms with Gasteiger partial charge in [-0.25, -0.2) is 0 Å². The average molecular weight is 626 g/mol. The Kier molecular flexibility index (Phi) is 8.75. The molecular weight excluding hydrogens is 598 g/mol. The lowest BCUT2D eigenvalue weighted by Gasteiger charge is -2.44. The average Bonchev–Trinajstić information content (AvgIpc) is 3.58. The molecule has 13 heteroatoms. The minimum atomic E-state index is -1.39. The molecule has 0 spiro atoms. The van der Waals surface area contributed by atoms with E-state index in [1.54, 1.807) is 42.5 Å². The number of fused-ring (bicyclic) bond motifs is 2. The van der Waals surface area contributed by atoms with E-state index in [1.165, 1.54) is 24.0 Å². The number of furan rings is 1. The lowest BCUT2D eigenvalue weighted by Crippen LogP contribution is -2.60. The van der Waals surface area contributed by atoms with Crippen LogP contribution in [0.4, 0.5) is 0 Å². The number of ketones is 1. The maximum absolute atomic E-state index is 13.9. The van der Waals surface area contributed by atoms with Gasteiger partial charge in [-0.1, -0.05) is 17.7 Å². The van der Waals surface area contributed by atoms with Crippen LogP contribution in [-0.2, 0) is 42.9 Å². The largest absolute Gasteiger partial charge is 0.464 e. The van der Waals surface area contributed by atoms with E-state index in [9.17, 15) is 24.0 Å². The van der Waals surface area contributed by atoms with E-state index in [4.69, 9.17) is 39.7 Å². The predicted octanol–water partition coefficient (Wildman–Crippen LogP) is 4.53. The lowest BCUT2D eigenvalue weighted by molar-refractivity contribution is -0.267. The second kappa shape index (κ2) is 12.5. The van der Waals surface area contributed by atoms with Crippen molar-refractivity contribution < 1.29 is 52.1 Å². The van der Waals surface area contributed by atoms with Crippen molar-refractivity contribution in [1.82, 2.24) is 4.57 Å². The Morgan fingerprint density at radius 1 is 0.841 bits per heavy atom. The maximum Gasteiger partial charge on any atom is 0.303 e. The second-order valence-electron chi connectivity index (χ2n) is 10.2. The molecule has 0 N–H and O–H groups in total. The molecule has 1 saturated heterocycles. The fourth-order valence-electron chi connectivity index (χ4n) is 5.34. The number of ether oxygens (including phenoxy) is 5. The van der Waals surface area contributed by atoms with Crippen LogP contribution >= 0.6 is 11.6 Å². The number of nitrogens with zero attached hydrogens (tertiary/aromatic N) is 1.